The Morgan fingerprint density at radius 3 is 2.28 bits per heavy atom. The molecule has 1 unspecified atom stereocenters. The standard InChI is InChI=1S/C13H21NO4/c1-2-8-3-10(11(4-8)13(17)18)12(16)14-5-9(6-14)7-15/h8-11,15H,2-7H2,1H3,(H,17,18)/t8?,10-,11+/m0/s1. The van der Waals surface area contributed by atoms with Gasteiger partial charge in [-0.05, 0) is 18.8 Å². The molecule has 1 heterocycles. The summed E-state index contributed by atoms with van der Waals surface area (Å²) in [7, 11) is 0. The van der Waals surface area contributed by atoms with Crippen molar-refractivity contribution in [3.05, 3.63) is 0 Å². The highest BCUT2D eigenvalue weighted by Crippen LogP contribution is 2.40. The molecule has 1 saturated carbocycles. The second-order valence-corrected chi connectivity index (χ2v) is 5.59. The molecule has 5 nitrogen and oxygen atoms in total. The molecule has 2 aliphatic rings. The van der Waals surface area contributed by atoms with Crippen molar-refractivity contribution in [2.45, 2.75) is 26.2 Å². The number of carboxylic acid groups (broad SMARTS) is 1. The molecule has 0 aromatic rings. The Labute approximate surface area is 107 Å². The lowest BCUT2D eigenvalue weighted by Crippen LogP contribution is -2.54. The Morgan fingerprint density at radius 2 is 1.78 bits per heavy atom. The van der Waals surface area contributed by atoms with Crippen LogP contribution in [-0.2, 0) is 9.59 Å². The van der Waals surface area contributed by atoms with Crippen LogP contribution in [0.4, 0.5) is 0 Å². The van der Waals surface area contributed by atoms with Gasteiger partial charge < -0.3 is 15.1 Å². The second kappa shape index (κ2) is 5.26. The van der Waals surface area contributed by atoms with E-state index in [4.69, 9.17) is 5.11 Å². The van der Waals surface area contributed by atoms with Gasteiger partial charge in [0.05, 0.1) is 11.8 Å². The summed E-state index contributed by atoms with van der Waals surface area (Å²) in [5.41, 5.74) is 0. The van der Waals surface area contributed by atoms with Crippen molar-refractivity contribution in [3.63, 3.8) is 0 Å². The lowest BCUT2D eigenvalue weighted by molar-refractivity contribution is -0.152. The maximum absolute atomic E-state index is 12.2. The predicted molar refractivity (Wildman–Crippen MR) is 64.8 cm³/mol. The number of aliphatic hydroxyl groups excluding tert-OH is 1. The number of carbonyl (C=O) groups is 2. The van der Waals surface area contributed by atoms with Crippen LogP contribution in [0.2, 0.25) is 0 Å². The van der Waals surface area contributed by atoms with Gasteiger partial charge in [0.25, 0.3) is 0 Å². The van der Waals surface area contributed by atoms with Crippen molar-refractivity contribution in [2.24, 2.45) is 23.7 Å². The molecular weight excluding hydrogens is 234 g/mol. The van der Waals surface area contributed by atoms with Crippen molar-refractivity contribution in [3.8, 4) is 0 Å². The van der Waals surface area contributed by atoms with Crippen LogP contribution in [-0.4, -0.2) is 46.7 Å². The second-order valence-electron chi connectivity index (χ2n) is 5.59. The highest BCUT2D eigenvalue weighted by molar-refractivity contribution is 5.85. The molecule has 2 rings (SSSR count). The Hall–Kier alpha value is -1.10. The van der Waals surface area contributed by atoms with E-state index >= 15 is 0 Å². The van der Waals surface area contributed by atoms with Crippen LogP contribution < -0.4 is 0 Å². The topological polar surface area (TPSA) is 77.8 Å². The quantitative estimate of drug-likeness (QED) is 0.770. The number of likely N-dealkylation sites (tertiary alicyclic amines) is 1. The zero-order chi connectivity index (χ0) is 13.3. The molecule has 0 bridgehead atoms. The molecule has 2 N–H and O–H groups in total. The van der Waals surface area contributed by atoms with E-state index in [0.29, 0.717) is 31.8 Å². The van der Waals surface area contributed by atoms with Crippen LogP contribution in [0.15, 0.2) is 0 Å². The first-order valence-electron chi connectivity index (χ1n) is 6.69. The van der Waals surface area contributed by atoms with Crippen LogP contribution in [0.25, 0.3) is 0 Å². The van der Waals surface area contributed by atoms with E-state index < -0.39 is 11.9 Å². The Morgan fingerprint density at radius 1 is 1.17 bits per heavy atom. The van der Waals surface area contributed by atoms with Crippen molar-refractivity contribution in [2.75, 3.05) is 19.7 Å². The van der Waals surface area contributed by atoms with Gasteiger partial charge in [-0.1, -0.05) is 13.3 Å². The zero-order valence-corrected chi connectivity index (χ0v) is 10.7. The molecule has 0 aromatic heterocycles. The molecule has 18 heavy (non-hydrogen) atoms. The van der Waals surface area contributed by atoms with E-state index in [2.05, 4.69) is 0 Å². The Kier molecular flexibility index (Phi) is 3.90. The van der Waals surface area contributed by atoms with E-state index in [1.807, 2.05) is 6.92 Å². The largest absolute Gasteiger partial charge is 0.481 e. The van der Waals surface area contributed by atoms with Crippen LogP contribution >= 0.6 is 0 Å². The van der Waals surface area contributed by atoms with Crippen LogP contribution in [0.5, 0.6) is 0 Å². The fraction of sp³-hybridized carbons (Fsp3) is 0.846. The molecule has 0 aromatic carbocycles. The molecule has 1 aliphatic carbocycles. The minimum absolute atomic E-state index is 0.0250. The van der Waals surface area contributed by atoms with E-state index in [-0.39, 0.29) is 24.3 Å². The van der Waals surface area contributed by atoms with E-state index in [1.54, 1.807) is 4.90 Å². The molecule has 1 amide bonds. The predicted octanol–water partition coefficient (Wildman–Crippen LogP) is 0.574. The molecule has 2 fully saturated rings. The van der Waals surface area contributed by atoms with Crippen LogP contribution in [0, 0.1) is 23.7 Å². The summed E-state index contributed by atoms with van der Waals surface area (Å²) >= 11 is 0. The van der Waals surface area contributed by atoms with Gasteiger partial charge in [0.2, 0.25) is 5.91 Å². The molecule has 5 heteroatoms. The minimum Gasteiger partial charge on any atom is -0.481 e. The van der Waals surface area contributed by atoms with Gasteiger partial charge in [-0.25, -0.2) is 0 Å². The average Bonchev–Trinajstić information content (AvgIpc) is 2.71. The summed E-state index contributed by atoms with van der Waals surface area (Å²) in [5, 5.41) is 18.1. The van der Waals surface area contributed by atoms with Crippen molar-refractivity contribution >= 4 is 11.9 Å². The lowest BCUT2D eigenvalue weighted by atomic mass is 9.91. The van der Waals surface area contributed by atoms with Gasteiger partial charge in [-0.2, -0.15) is 0 Å². The number of nitrogens with zero attached hydrogens (tertiary/aromatic N) is 1. The molecule has 3 atom stereocenters. The first-order valence-corrected chi connectivity index (χ1v) is 6.69. The number of hydrogen-bond acceptors (Lipinski definition) is 3. The summed E-state index contributed by atoms with van der Waals surface area (Å²) in [6, 6.07) is 0. The zero-order valence-electron chi connectivity index (χ0n) is 10.7. The van der Waals surface area contributed by atoms with Crippen molar-refractivity contribution < 1.29 is 19.8 Å². The maximum atomic E-state index is 12.2. The summed E-state index contributed by atoms with van der Waals surface area (Å²) in [6.45, 7) is 3.31. The van der Waals surface area contributed by atoms with Gasteiger partial charge in [-0.3, -0.25) is 9.59 Å². The number of carbonyl (C=O) groups excluding carboxylic acids is 1. The number of aliphatic hydroxyl groups is 1. The first kappa shape index (κ1) is 13.3. The van der Waals surface area contributed by atoms with Crippen LogP contribution in [0.1, 0.15) is 26.2 Å². The van der Waals surface area contributed by atoms with Gasteiger partial charge in [0.1, 0.15) is 0 Å². The third-order valence-electron chi connectivity index (χ3n) is 4.40. The average molecular weight is 255 g/mol. The minimum atomic E-state index is -0.844. The van der Waals surface area contributed by atoms with Gasteiger partial charge in [-0.15, -0.1) is 0 Å². The van der Waals surface area contributed by atoms with Gasteiger partial charge in [0.15, 0.2) is 0 Å². The first-order chi connectivity index (χ1) is 8.56. The Bertz CT molecular complexity index is 338. The molecule has 0 spiro atoms. The SMILES string of the molecule is CCC1C[C@H](C(=O)N2CC(CO)C2)[C@H](C(=O)O)C1. The Balaban J connectivity index is 1.98. The highest BCUT2D eigenvalue weighted by Gasteiger charge is 2.45. The monoisotopic (exact) mass is 255 g/mol. The van der Waals surface area contributed by atoms with E-state index in [1.165, 1.54) is 0 Å². The van der Waals surface area contributed by atoms with E-state index in [9.17, 15) is 14.7 Å². The van der Waals surface area contributed by atoms with Gasteiger partial charge >= 0.3 is 5.97 Å². The van der Waals surface area contributed by atoms with Crippen molar-refractivity contribution in [1.82, 2.24) is 4.90 Å². The summed E-state index contributed by atoms with van der Waals surface area (Å²) in [5.74, 6) is -1.20. The fourth-order valence-corrected chi connectivity index (χ4v) is 3.12. The molecule has 102 valence electrons. The third kappa shape index (κ3) is 2.36. The molecule has 1 aliphatic heterocycles. The normalized spacial score (nSPS) is 32.3. The van der Waals surface area contributed by atoms with Crippen molar-refractivity contribution in [1.29, 1.82) is 0 Å². The number of hydrogen-bond donors (Lipinski definition) is 2. The summed E-state index contributed by atoms with van der Waals surface area (Å²) in [6.07, 6.45) is 2.26. The third-order valence-corrected chi connectivity index (χ3v) is 4.40. The highest BCUT2D eigenvalue weighted by atomic mass is 16.4. The molecular formula is C13H21NO4. The molecule has 0 radical (unpaired) electrons. The number of amides is 1. The smallest absolute Gasteiger partial charge is 0.307 e. The van der Waals surface area contributed by atoms with Gasteiger partial charge in [0, 0.05) is 25.6 Å². The summed E-state index contributed by atoms with van der Waals surface area (Å²) in [4.78, 5) is 25.2. The number of rotatable bonds is 4. The fourth-order valence-electron chi connectivity index (χ4n) is 3.12. The number of aliphatic carboxylic acids is 1. The lowest BCUT2D eigenvalue weighted by Gasteiger charge is -2.40. The number of carboxylic acids is 1. The van der Waals surface area contributed by atoms with Crippen LogP contribution in [0.3, 0.4) is 0 Å². The summed E-state index contributed by atoms with van der Waals surface area (Å²) < 4.78 is 0. The molecule has 1 saturated heterocycles. The maximum Gasteiger partial charge on any atom is 0.307 e. The van der Waals surface area contributed by atoms with E-state index in [0.717, 1.165) is 6.42 Å².